The van der Waals surface area contributed by atoms with Gasteiger partial charge in [0.1, 0.15) is 0 Å². The standard InChI is InChI=1S/C8H17.C3H7.2H3O3PS.Zn/c1-3-5-7-8-6-4-2;1-3-2;2*1-4(2,3)5;/h1,3-8H2,2H3;3H,1-2H3;2*(H3,1,2,3,5);. The molecule has 0 aromatic rings. The zero-order chi connectivity index (χ0) is 18.2. The molecule has 0 atom stereocenters. The molecule has 0 saturated carbocycles. The fraction of sp³-hybridized carbons (Fsp3) is 1.00. The first-order valence-corrected chi connectivity index (χ1v) is 16.5. The molecule has 0 radical (unpaired) electrons. The van der Waals surface area contributed by atoms with Crippen molar-refractivity contribution in [3.63, 3.8) is 0 Å². The van der Waals surface area contributed by atoms with E-state index in [1.165, 1.54) is 32.1 Å². The van der Waals surface area contributed by atoms with Crippen LogP contribution in [0.3, 0.4) is 0 Å². The van der Waals surface area contributed by atoms with Crippen molar-refractivity contribution < 1.29 is 46.5 Å². The predicted octanol–water partition coefficient (Wildman–Crippen LogP) is 3.05. The largest absolute Gasteiger partial charge is 0.325 e. The molecule has 0 rings (SSSR count). The zero-order valence-electron chi connectivity index (χ0n) is 13.6. The van der Waals surface area contributed by atoms with Gasteiger partial charge < -0.3 is 29.4 Å². The molecule has 22 heavy (non-hydrogen) atoms. The maximum Gasteiger partial charge on any atom is 0.319 e. The molecule has 0 aliphatic rings. The summed E-state index contributed by atoms with van der Waals surface area (Å²) in [6.07, 6.45) is 8.86. The van der Waals surface area contributed by atoms with Crippen LogP contribution in [0.2, 0.25) is 9.53 Å². The number of hydrogen-bond acceptors (Lipinski definition) is 2. The Morgan fingerprint density at radius 3 is 1.41 bits per heavy atom. The van der Waals surface area contributed by atoms with Crippen LogP contribution in [0.4, 0.5) is 0 Å². The van der Waals surface area contributed by atoms with Crippen LogP contribution in [-0.4, -0.2) is 29.4 Å². The van der Waals surface area contributed by atoms with E-state index in [9.17, 15) is 0 Å². The summed E-state index contributed by atoms with van der Waals surface area (Å²) in [7, 11) is 0. The molecule has 6 nitrogen and oxygen atoms in total. The van der Waals surface area contributed by atoms with Crippen LogP contribution in [0.25, 0.3) is 0 Å². The third-order valence-corrected chi connectivity index (χ3v) is 6.71. The van der Waals surface area contributed by atoms with Crippen molar-refractivity contribution in [2.24, 2.45) is 0 Å². The summed E-state index contributed by atoms with van der Waals surface area (Å²) in [5.74, 6) is 0. The van der Waals surface area contributed by atoms with E-state index in [4.69, 9.17) is 29.4 Å². The topological polar surface area (TPSA) is 121 Å². The van der Waals surface area contributed by atoms with Crippen molar-refractivity contribution in [2.75, 3.05) is 0 Å². The molecule has 6 N–H and O–H groups in total. The Hall–Kier alpha value is 1.68. The van der Waals surface area contributed by atoms with Crippen LogP contribution in [0.1, 0.15) is 59.3 Å². The van der Waals surface area contributed by atoms with E-state index in [0.717, 1.165) is 4.51 Å². The molecule has 0 aromatic heterocycles. The van der Waals surface area contributed by atoms with E-state index in [1.54, 1.807) is 11.4 Å². The van der Waals surface area contributed by atoms with Crippen LogP contribution in [0.15, 0.2) is 0 Å². The monoisotopic (exact) mass is 448 g/mol. The molecule has 0 saturated heterocycles. The minimum atomic E-state index is -3.81. The van der Waals surface area contributed by atoms with Crippen LogP contribution < -0.4 is 0 Å². The number of hydrogen-bond donors (Lipinski definition) is 6. The van der Waals surface area contributed by atoms with Gasteiger partial charge in [0.2, 0.25) is 0 Å². The third-order valence-electron chi connectivity index (χ3n) is 2.39. The van der Waals surface area contributed by atoms with Crippen molar-refractivity contribution in [1.82, 2.24) is 0 Å². The first-order chi connectivity index (χ1) is 9.77. The maximum atomic E-state index is 7.56. The van der Waals surface area contributed by atoms with Crippen molar-refractivity contribution in [3.8, 4) is 0 Å². The van der Waals surface area contributed by atoms with Crippen LogP contribution in [0, 0.1) is 0 Å². The van der Waals surface area contributed by atoms with Gasteiger partial charge >= 0.3 is 99.4 Å². The quantitative estimate of drug-likeness (QED) is 0.190. The molecule has 0 unspecified atom stereocenters. The smallest absolute Gasteiger partial charge is 0.319 e. The van der Waals surface area contributed by atoms with E-state index >= 15 is 0 Å². The van der Waals surface area contributed by atoms with Gasteiger partial charge in [-0.05, 0) is 23.6 Å². The van der Waals surface area contributed by atoms with Crippen LogP contribution >= 0.6 is 13.4 Å². The summed E-state index contributed by atoms with van der Waals surface area (Å²) in [6.45, 7) is -0.526. The predicted molar refractivity (Wildman–Crippen MR) is 95.2 cm³/mol. The Labute approximate surface area is 152 Å². The van der Waals surface area contributed by atoms with E-state index in [2.05, 4.69) is 44.4 Å². The Bertz CT molecular complexity index is 285. The molecule has 0 bridgehead atoms. The molecule has 0 aliphatic carbocycles. The summed E-state index contributed by atoms with van der Waals surface area (Å²) < 4.78 is 1.09. The number of rotatable bonds is 8. The van der Waals surface area contributed by atoms with Crippen molar-refractivity contribution in [1.29, 1.82) is 0 Å². The average Bonchev–Trinajstić information content (AvgIpc) is 2.23. The van der Waals surface area contributed by atoms with Gasteiger partial charge in [0.15, 0.2) is 0 Å². The fourth-order valence-corrected chi connectivity index (χ4v) is 4.57. The molecule has 0 fully saturated rings. The van der Waals surface area contributed by atoms with E-state index in [-0.39, 0.29) is 17.1 Å². The minimum absolute atomic E-state index is 0.0846. The van der Waals surface area contributed by atoms with Crippen molar-refractivity contribution in [2.45, 2.75) is 68.8 Å². The third kappa shape index (κ3) is 81.3. The summed E-state index contributed by atoms with van der Waals surface area (Å²) in [6, 6.07) is 0. The Kier molecular flexibility index (Phi) is 22.7. The second-order valence-electron chi connectivity index (χ2n) is 5.33. The molecule has 0 heterocycles. The van der Waals surface area contributed by atoms with Gasteiger partial charge in [-0.2, -0.15) is 0 Å². The number of unbranched alkanes of at least 4 members (excludes halogenated alkanes) is 5. The van der Waals surface area contributed by atoms with Gasteiger partial charge in [0.25, 0.3) is 0 Å². The molecule has 0 aliphatic heterocycles. The molecular weight excluding hydrogens is 420 g/mol. The van der Waals surface area contributed by atoms with E-state index in [1.807, 2.05) is 0 Å². The first kappa shape index (κ1) is 28.5. The first-order valence-electron chi connectivity index (χ1n) is 7.34. The average molecular weight is 450 g/mol. The van der Waals surface area contributed by atoms with Gasteiger partial charge in [0, 0.05) is 0 Å². The zero-order valence-corrected chi connectivity index (χ0v) is 20.0. The van der Waals surface area contributed by atoms with Gasteiger partial charge in [-0.15, -0.1) is 0 Å². The molecule has 0 spiro atoms. The summed E-state index contributed by atoms with van der Waals surface area (Å²) in [4.78, 5) is 45.3. The van der Waals surface area contributed by atoms with Crippen molar-refractivity contribution >= 4 is 37.1 Å². The van der Waals surface area contributed by atoms with Gasteiger partial charge in [-0.25, -0.2) is 0 Å². The molecule has 134 valence electrons. The van der Waals surface area contributed by atoms with Gasteiger partial charge in [0.05, 0.1) is 0 Å². The maximum absolute atomic E-state index is 7.56. The molecule has 11 heteroatoms. The second kappa shape index (κ2) is 17.5. The van der Waals surface area contributed by atoms with E-state index in [0.29, 0.717) is 0 Å². The normalized spacial score (nSPS) is 11.0. The SMILES string of the molecule is CCCCCCC[CH2][Zn][CH](C)C.OP(O)(O)=S.OP(O)(O)=S. The van der Waals surface area contributed by atoms with E-state index < -0.39 is 13.4 Å². The second-order valence-corrected chi connectivity index (χ2v) is 16.4. The fourth-order valence-electron chi connectivity index (χ4n) is 1.51. The molecular formula is C11H30O6P2S2Zn. The minimum Gasteiger partial charge on any atom is -0.325 e. The molecule has 0 amide bonds. The van der Waals surface area contributed by atoms with Crippen molar-refractivity contribution in [3.05, 3.63) is 0 Å². The Morgan fingerprint density at radius 2 is 1.09 bits per heavy atom. The van der Waals surface area contributed by atoms with Gasteiger partial charge in [-0.1, -0.05) is 0 Å². The summed E-state index contributed by atoms with van der Waals surface area (Å²) in [5, 5.41) is 1.64. The summed E-state index contributed by atoms with van der Waals surface area (Å²) in [5.41, 5.74) is 0. The Morgan fingerprint density at radius 1 is 0.773 bits per heavy atom. The van der Waals surface area contributed by atoms with Crippen LogP contribution in [-0.2, 0) is 40.7 Å². The molecule has 0 aromatic carbocycles. The van der Waals surface area contributed by atoms with Gasteiger partial charge in [-0.3, -0.25) is 0 Å². The summed E-state index contributed by atoms with van der Waals surface area (Å²) >= 11 is 7.12. The Balaban J connectivity index is -0.000000298. The van der Waals surface area contributed by atoms with Crippen LogP contribution in [0.5, 0.6) is 0 Å².